The second-order valence-electron chi connectivity index (χ2n) is 5.97. The highest BCUT2D eigenvalue weighted by Crippen LogP contribution is 2.11. The average Bonchev–Trinajstić information content (AvgIpc) is 2.40. The number of rotatable bonds is 6. The van der Waals surface area contributed by atoms with E-state index in [2.05, 4.69) is 29.4 Å². The highest BCUT2D eigenvalue weighted by atomic mass is 16.2. The molecule has 1 saturated heterocycles. The van der Waals surface area contributed by atoms with Gasteiger partial charge in [0.1, 0.15) is 0 Å². The zero-order chi connectivity index (χ0) is 15.1. The van der Waals surface area contributed by atoms with Crippen molar-refractivity contribution in [1.29, 1.82) is 0 Å². The van der Waals surface area contributed by atoms with Gasteiger partial charge in [0.05, 0.1) is 12.6 Å². The summed E-state index contributed by atoms with van der Waals surface area (Å²) in [4.78, 5) is 25.3. The van der Waals surface area contributed by atoms with Crippen LogP contribution >= 0.6 is 0 Å². The third kappa shape index (κ3) is 5.88. The summed E-state index contributed by atoms with van der Waals surface area (Å²) < 4.78 is 0. The quantitative estimate of drug-likeness (QED) is 0.624. The maximum atomic E-state index is 11.9. The first-order chi connectivity index (χ1) is 9.42. The van der Waals surface area contributed by atoms with Crippen molar-refractivity contribution in [3.05, 3.63) is 0 Å². The molecule has 0 unspecified atom stereocenters. The molecule has 4 N–H and O–H groups in total. The Morgan fingerprint density at radius 3 is 2.40 bits per heavy atom. The summed E-state index contributed by atoms with van der Waals surface area (Å²) in [6, 6.07) is -0.236. The molecule has 20 heavy (non-hydrogen) atoms. The number of nitrogens with two attached hydrogens (primary N) is 1. The highest BCUT2D eigenvalue weighted by molar-refractivity contribution is 5.81. The van der Waals surface area contributed by atoms with Crippen LogP contribution in [0.25, 0.3) is 0 Å². The van der Waals surface area contributed by atoms with Crippen LogP contribution in [0.3, 0.4) is 0 Å². The van der Waals surface area contributed by atoms with Gasteiger partial charge in [-0.1, -0.05) is 13.8 Å². The zero-order valence-corrected chi connectivity index (χ0v) is 12.8. The van der Waals surface area contributed by atoms with Crippen LogP contribution in [-0.2, 0) is 9.59 Å². The number of piperidine rings is 1. The van der Waals surface area contributed by atoms with E-state index in [0.29, 0.717) is 18.9 Å². The summed E-state index contributed by atoms with van der Waals surface area (Å²) in [5.41, 5.74) is 5.87. The number of carbonyl (C=O) groups is 2. The summed E-state index contributed by atoms with van der Waals surface area (Å²) in [5, 5.41) is 5.64. The molecular formula is C14H28N4O2. The molecule has 0 spiro atoms. The minimum Gasteiger partial charge on any atom is -0.358 e. The van der Waals surface area contributed by atoms with E-state index in [1.165, 1.54) is 0 Å². The first kappa shape index (κ1) is 16.9. The monoisotopic (exact) mass is 284 g/mol. The van der Waals surface area contributed by atoms with Crippen molar-refractivity contribution in [3.8, 4) is 0 Å². The third-order valence-corrected chi connectivity index (χ3v) is 3.64. The Balaban J connectivity index is 2.28. The largest absolute Gasteiger partial charge is 0.358 e. The Kier molecular flexibility index (Phi) is 6.95. The average molecular weight is 284 g/mol. The Morgan fingerprint density at radius 2 is 1.90 bits per heavy atom. The van der Waals surface area contributed by atoms with Crippen LogP contribution in [0.15, 0.2) is 0 Å². The Hall–Kier alpha value is -1.14. The maximum Gasteiger partial charge on any atom is 0.237 e. The third-order valence-electron chi connectivity index (χ3n) is 3.64. The van der Waals surface area contributed by atoms with E-state index in [1.807, 2.05) is 0 Å². The van der Waals surface area contributed by atoms with Crippen LogP contribution in [0.2, 0.25) is 0 Å². The topological polar surface area (TPSA) is 87.5 Å². The molecule has 1 fully saturated rings. The molecule has 0 radical (unpaired) electrons. The molecule has 6 nitrogen and oxygen atoms in total. The number of likely N-dealkylation sites (tertiary alicyclic amines) is 1. The first-order valence-electron chi connectivity index (χ1n) is 7.41. The number of hydrogen-bond donors (Lipinski definition) is 3. The Bertz CT molecular complexity index is 325. The number of nitrogens with one attached hydrogen (secondary N) is 2. The molecule has 116 valence electrons. The normalized spacial score (nSPS) is 18.9. The fourth-order valence-electron chi connectivity index (χ4n) is 2.44. The van der Waals surface area contributed by atoms with Crippen molar-refractivity contribution in [2.24, 2.45) is 11.7 Å². The number of carbonyl (C=O) groups excluding carboxylic acids is 2. The van der Waals surface area contributed by atoms with Crippen LogP contribution in [0, 0.1) is 5.92 Å². The molecule has 0 aromatic rings. The van der Waals surface area contributed by atoms with Crippen LogP contribution in [0.1, 0.15) is 33.1 Å². The van der Waals surface area contributed by atoms with E-state index < -0.39 is 6.04 Å². The van der Waals surface area contributed by atoms with Gasteiger partial charge in [-0.15, -0.1) is 0 Å². The zero-order valence-electron chi connectivity index (χ0n) is 12.8. The van der Waals surface area contributed by atoms with Crippen molar-refractivity contribution < 1.29 is 9.59 Å². The number of amides is 2. The predicted octanol–water partition coefficient (Wildman–Crippen LogP) is -0.314. The SMILES string of the molecule is CNC(=O)CN1CCC(NC(=O)[C@H](N)CC(C)C)CC1. The summed E-state index contributed by atoms with van der Waals surface area (Å²) in [7, 11) is 1.64. The van der Waals surface area contributed by atoms with E-state index in [-0.39, 0.29) is 17.9 Å². The van der Waals surface area contributed by atoms with E-state index in [4.69, 9.17) is 5.73 Å². The van der Waals surface area contributed by atoms with E-state index in [1.54, 1.807) is 7.05 Å². The molecule has 0 aromatic carbocycles. The Labute approximate surface area is 121 Å². The van der Waals surface area contributed by atoms with Gasteiger partial charge in [-0.3, -0.25) is 14.5 Å². The smallest absolute Gasteiger partial charge is 0.237 e. The van der Waals surface area contributed by atoms with Gasteiger partial charge >= 0.3 is 0 Å². The lowest BCUT2D eigenvalue weighted by atomic mass is 10.0. The van der Waals surface area contributed by atoms with Crippen molar-refractivity contribution in [1.82, 2.24) is 15.5 Å². The molecule has 0 bridgehead atoms. The molecule has 1 rings (SSSR count). The van der Waals surface area contributed by atoms with Gasteiger partial charge in [0, 0.05) is 26.2 Å². The molecule has 0 saturated carbocycles. The van der Waals surface area contributed by atoms with E-state index in [0.717, 1.165) is 25.9 Å². The maximum absolute atomic E-state index is 11.9. The lowest BCUT2D eigenvalue weighted by molar-refractivity contribution is -0.124. The van der Waals surface area contributed by atoms with E-state index in [9.17, 15) is 9.59 Å². The van der Waals surface area contributed by atoms with Gasteiger partial charge in [-0.05, 0) is 25.2 Å². The summed E-state index contributed by atoms with van der Waals surface area (Å²) in [5.74, 6) is 0.403. The van der Waals surface area contributed by atoms with Crippen molar-refractivity contribution in [3.63, 3.8) is 0 Å². The minimum absolute atomic E-state index is 0.0337. The van der Waals surface area contributed by atoms with Gasteiger partial charge in [0.15, 0.2) is 0 Å². The fourth-order valence-corrected chi connectivity index (χ4v) is 2.44. The minimum atomic E-state index is -0.418. The molecule has 0 aromatic heterocycles. The first-order valence-corrected chi connectivity index (χ1v) is 7.41. The van der Waals surface area contributed by atoms with Crippen LogP contribution in [0.4, 0.5) is 0 Å². The molecule has 0 aliphatic carbocycles. The number of likely N-dealkylation sites (N-methyl/N-ethyl adjacent to an activating group) is 1. The van der Waals surface area contributed by atoms with E-state index >= 15 is 0 Å². The standard InChI is InChI=1S/C14H28N4O2/c1-10(2)8-12(15)14(20)17-11-4-6-18(7-5-11)9-13(19)16-3/h10-12H,4-9,15H2,1-3H3,(H,16,19)(H,17,20)/t12-/m1/s1. The van der Waals surface area contributed by atoms with Gasteiger partial charge in [0.25, 0.3) is 0 Å². The van der Waals surface area contributed by atoms with Gasteiger partial charge in [0.2, 0.25) is 11.8 Å². The lowest BCUT2D eigenvalue weighted by Gasteiger charge is -2.32. The second kappa shape index (κ2) is 8.21. The predicted molar refractivity (Wildman–Crippen MR) is 79.1 cm³/mol. The molecule has 1 aliphatic rings. The summed E-state index contributed by atoms with van der Waals surface area (Å²) in [6.07, 6.45) is 2.45. The molecule has 1 heterocycles. The van der Waals surface area contributed by atoms with Crippen LogP contribution < -0.4 is 16.4 Å². The molecule has 6 heteroatoms. The lowest BCUT2D eigenvalue weighted by Crippen LogP contribution is -2.50. The van der Waals surface area contributed by atoms with Crippen molar-refractivity contribution >= 4 is 11.8 Å². The number of hydrogen-bond acceptors (Lipinski definition) is 4. The molecule has 2 amide bonds. The van der Waals surface area contributed by atoms with Gasteiger partial charge in [-0.2, -0.15) is 0 Å². The summed E-state index contributed by atoms with van der Waals surface area (Å²) in [6.45, 7) is 6.22. The molecule has 1 aliphatic heterocycles. The fraction of sp³-hybridized carbons (Fsp3) is 0.857. The van der Waals surface area contributed by atoms with Gasteiger partial charge in [-0.25, -0.2) is 0 Å². The summed E-state index contributed by atoms with van der Waals surface area (Å²) >= 11 is 0. The second-order valence-corrected chi connectivity index (χ2v) is 5.97. The highest BCUT2D eigenvalue weighted by Gasteiger charge is 2.24. The number of nitrogens with zero attached hydrogens (tertiary/aromatic N) is 1. The molecular weight excluding hydrogens is 256 g/mol. The van der Waals surface area contributed by atoms with Gasteiger partial charge < -0.3 is 16.4 Å². The van der Waals surface area contributed by atoms with Crippen molar-refractivity contribution in [2.45, 2.75) is 45.2 Å². The van der Waals surface area contributed by atoms with Crippen LogP contribution in [0.5, 0.6) is 0 Å². The Morgan fingerprint density at radius 1 is 1.30 bits per heavy atom. The van der Waals surface area contributed by atoms with Crippen LogP contribution in [-0.4, -0.2) is 55.5 Å². The molecule has 1 atom stereocenters. The van der Waals surface area contributed by atoms with Crippen molar-refractivity contribution in [2.75, 3.05) is 26.7 Å².